The number of halogens is 2. The normalized spacial score (nSPS) is 18.6. The van der Waals surface area contributed by atoms with Gasteiger partial charge in [-0.25, -0.2) is 18.7 Å². The quantitative estimate of drug-likeness (QED) is 0.770. The molecule has 0 radical (unpaired) electrons. The lowest BCUT2D eigenvalue weighted by Gasteiger charge is -2.14. The average molecular weight is 384 g/mol. The number of hydrogen-bond donors (Lipinski definition) is 2. The second-order valence-corrected chi connectivity index (χ2v) is 7.00. The van der Waals surface area contributed by atoms with Gasteiger partial charge in [0.25, 0.3) is 5.91 Å². The molecule has 1 atom stereocenters. The SMILES string of the molecule is N#CN1CC[C@@H](NC(=O)c2ccc(Nc3nccc(C4CC4)n3)c(F)c2F)C1. The molecule has 1 saturated heterocycles. The highest BCUT2D eigenvalue weighted by Gasteiger charge is 2.27. The number of nitrogens with zero attached hydrogens (tertiary/aromatic N) is 4. The van der Waals surface area contributed by atoms with E-state index in [-0.39, 0.29) is 23.2 Å². The molecule has 1 aromatic heterocycles. The summed E-state index contributed by atoms with van der Waals surface area (Å²) in [6, 6.07) is 4.05. The van der Waals surface area contributed by atoms with Gasteiger partial charge in [-0.2, -0.15) is 5.26 Å². The van der Waals surface area contributed by atoms with Crippen molar-refractivity contribution in [2.75, 3.05) is 18.4 Å². The third-order valence-electron chi connectivity index (χ3n) is 4.91. The van der Waals surface area contributed by atoms with E-state index in [4.69, 9.17) is 5.26 Å². The number of carbonyl (C=O) groups is 1. The first-order chi connectivity index (χ1) is 13.5. The predicted molar refractivity (Wildman–Crippen MR) is 96.7 cm³/mol. The second kappa shape index (κ2) is 7.38. The van der Waals surface area contributed by atoms with E-state index in [1.807, 2.05) is 12.3 Å². The second-order valence-electron chi connectivity index (χ2n) is 7.00. The molecule has 1 saturated carbocycles. The van der Waals surface area contributed by atoms with Crippen molar-refractivity contribution in [2.45, 2.75) is 31.2 Å². The summed E-state index contributed by atoms with van der Waals surface area (Å²) < 4.78 is 29.0. The van der Waals surface area contributed by atoms with Gasteiger partial charge in [0.15, 0.2) is 17.8 Å². The number of benzene rings is 1. The van der Waals surface area contributed by atoms with Crippen LogP contribution in [0.1, 0.15) is 41.2 Å². The highest BCUT2D eigenvalue weighted by atomic mass is 19.2. The van der Waals surface area contributed by atoms with Crippen molar-refractivity contribution in [3.8, 4) is 6.19 Å². The molecule has 28 heavy (non-hydrogen) atoms. The van der Waals surface area contributed by atoms with Gasteiger partial charge in [-0.05, 0) is 37.5 Å². The van der Waals surface area contributed by atoms with Gasteiger partial charge in [0.05, 0.1) is 11.3 Å². The first kappa shape index (κ1) is 18.1. The van der Waals surface area contributed by atoms with Crippen LogP contribution in [0.15, 0.2) is 24.4 Å². The molecule has 1 amide bonds. The van der Waals surface area contributed by atoms with Crippen LogP contribution in [0.3, 0.4) is 0 Å². The maximum atomic E-state index is 14.5. The summed E-state index contributed by atoms with van der Waals surface area (Å²) in [5.74, 6) is -2.53. The minimum Gasteiger partial charge on any atom is -0.347 e. The van der Waals surface area contributed by atoms with Crippen LogP contribution in [0.4, 0.5) is 20.4 Å². The van der Waals surface area contributed by atoms with Crippen molar-refractivity contribution in [3.63, 3.8) is 0 Å². The van der Waals surface area contributed by atoms with Gasteiger partial charge in [0, 0.05) is 36.9 Å². The Labute approximate surface area is 160 Å². The molecule has 144 valence electrons. The van der Waals surface area contributed by atoms with Crippen LogP contribution in [0.25, 0.3) is 0 Å². The van der Waals surface area contributed by atoms with E-state index in [0.29, 0.717) is 25.4 Å². The van der Waals surface area contributed by atoms with Crippen molar-refractivity contribution in [2.24, 2.45) is 0 Å². The van der Waals surface area contributed by atoms with Crippen molar-refractivity contribution in [1.82, 2.24) is 20.2 Å². The number of nitrogens with one attached hydrogen (secondary N) is 2. The first-order valence-corrected chi connectivity index (χ1v) is 9.08. The molecular formula is C19H18F2N6O. The maximum Gasteiger partial charge on any atom is 0.254 e. The van der Waals surface area contributed by atoms with Crippen LogP contribution in [0.2, 0.25) is 0 Å². The van der Waals surface area contributed by atoms with Crippen LogP contribution in [0.5, 0.6) is 0 Å². The standard InChI is InChI=1S/C19H18F2N6O/c20-16-13(18(28)24-12-6-8-27(9-12)10-22)3-4-15(17(16)21)26-19-23-7-5-14(25-19)11-1-2-11/h3-5,7,11-12H,1-2,6,8-9H2,(H,24,28)(H,23,25,26)/t12-/m1/s1. The van der Waals surface area contributed by atoms with Crippen LogP contribution in [-0.2, 0) is 0 Å². The third kappa shape index (κ3) is 3.71. The minimum atomic E-state index is -1.24. The summed E-state index contributed by atoms with van der Waals surface area (Å²) in [7, 11) is 0. The van der Waals surface area contributed by atoms with Gasteiger partial charge in [0.2, 0.25) is 5.95 Å². The number of likely N-dealkylation sites (tertiary alicyclic amines) is 1. The summed E-state index contributed by atoms with van der Waals surface area (Å²) in [5, 5.41) is 14.2. The minimum absolute atomic E-state index is 0.140. The summed E-state index contributed by atoms with van der Waals surface area (Å²) in [4.78, 5) is 22.2. The van der Waals surface area contributed by atoms with Gasteiger partial charge >= 0.3 is 0 Å². The summed E-state index contributed by atoms with van der Waals surface area (Å²) >= 11 is 0. The third-order valence-corrected chi connectivity index (χ3v) is 4.91. The number of nitriles is 1. The number of rotatable bonds is 5. The Bertz CT molecular complexity index is 956. The number of hydrogen-bond acceptors (Lipinski definition) is 6. The highest BCUT2D eigenvalue weighted by molar-refractivity contribution is 5.95. The highest BCUT2D eigenvalue weighted by Crippen LogP contribution is 2.39. The number of amides is 1. The topological polar surface area (TPSA) is 93.9 Å². The zero-order valence-corrected chi connectivity index (χ0v) is 15.0. The van der Waals surface area contributed by atoms with E-state index in [2.05, 4.69) is 20.6 Å². The summed E-state index contributed by atoms with van der Waals surface area (Å²) in [6.07, 6.45) is 6.29. The molecule has 1 aromatic carbocycles. The molecule has 0 spiro atoms. The van der Waals surface area contributed by atoms with Gasteiger partial charge in [-0.1, -0.05) is 0 Å². The molecule has 2 aromatic rings. The van der Waals surface area contributed by atoms with Crippen molar-refractivity contribution < 1.29 is 13.6 Å². The molecule has 1 aliphatic heterocycles. The van der Waals surface area contributed by atoms with Crippen molar-refractivity contribution in [1.29, 1.82) is 5.26 Å². The van der Waals surface area contributed by atoms with Crippen molar-refractivity contribution in [3.05, 3.63) is 47.3 Å². The van der Waals surface area contributed by atoms with Gasteiger partial charge in [-0.3, -0.25) is 4.79 Å². The molecule has 1 aliphatic carbocycles. The van der Waals surface area contributed by atoms with E-state index >= 15 is 0 Å². The Hall–Kier alpha value is -3.28. The molecule has 0 bridgehead atoms. The molecule has 4 rings (SSSR count). The van der Waals surface area contributed by atoms with E-state index < -0.39 is 17.5 Å². The fourth-order valence-electron chi connectivity index (χ4n) is 3.21. The number of aromatic nitrogens is 2. The summed E-state index contributed by atoms with van der Waals surface area (Å²) in [5.41, 5.74) is 0.349. The Morgan fingerprint density at radius 1 is 1.21 bits per heavy atom. The average Bonchev–Trinajstić information content (AvgIpc) is 3.45. The molecule has 2 fully saturated rings. The molecule has 7 nitrogen and oxygen atoms in total. The lowest BCUT2D eigenvalue weighted by atomic mass is 10.1. The number of anilines is 2. The Morgan fingerprint density at radius 2 is 2.04 bits per heavy atom. The van der Waals surface area contributed by atoms with Crippen LogP contribution < -0.4 is 10.6 Å². The molecule has 2 heterocycles. The molecule has 2 N–H and O–H groups in total. The molecule has 0 unspecified atom stereocenters. The van der Waals surface area contributed by atoms with E-state index in [1.165, 1.54) is 17.0 Å². The van der Waals surface area contributed by atoms with Gasteiger partial charge < -0.3 is 15.5 Å². The Kier molecular flexibility index (Phi) is 4.77. The smallest absolute Gasteiger partial charge is 0.254 e. The molecule has 9 heteroatoms. The Morgan fingerprint density at radius 3 is 2.75 bits per heavy atom. The fourth-order valence-corrected chi connectivity index (χ4v) is 3.21. The maximum absolute atomic E-state index is 14.5. The van der Waals surface area contributed by atoms with Crippen molar-refractivity contribution >= 4 is 17.5 Å². The van der Waals surface area contributed by atoms with E-state index in [9.17, 15) is 13.6 Å². The van der Waals surface area contributed by atoms with Crippen LogP contribution in [-0.4, -0.2) is 39.9 Å². The monoisotopic (exact) mass is 384 g/mol. The van der Waals surface area contributed by atoms with Crippen LogP contribution >= 0.6 is 0 Å². The molecule has 2 aliphatic rings. The lowest BCUT2D eigenvalue weighted by molar-refractivity contribution is 0.0933. The Balaban J connectivity index is 1.48. The van der Waals surface area contributed by atoms with Gasteiger partial charge in [-0.15, -0.1) is 0 Å². The van der Waals surface area contributed by atoms with E-state index in [0.717, 1.165) is 18.5 Å². The fraction of sp³-hybridized carbons (Fsp3) is 0.368. The zero-order chi connectivity index (χ0) is 19.7. The first-order valence-electron chi connectivity index (χ1n) is 9.08. The largest absolute Gasteiger partial charge is 0.347 e. The lowest BCUT2D eigenvalue weighted by Crippen LogP contribution is -2.37. The molecular weight excluding hydrogens is 366 g/mol. The van der Waals surface area contributed by atoms with E-state index in [1.54, 1.807) is 6.20 Å². The number of carbonyl (C=O) groups excluding carboxylic acids is 1. The zero-order valence-electron chi connectivity index (χ0n) is 15.0. The summed E-state index contributed by atoms with van der Waals surface area (Å²) in [6.45, 7) is 0.891. The predicted octanol–water partition coefficient (Wildman–Crippen LogP) is 2.66. The van der Waals surface area contributed by atoms with Gasteiger partial charge in [0.1, 0.15) is 0 Å². The van der Waals surface area contributed by atoms with Crippen LogP contribution in [0, 0.1) is 23.1 Å².